The summed E-state index contributed by atoms with van der Waals surface area (Å²) in [6, 6.07) is 3.85. The standard InChI is InChI=1S/C14H22N2O3S/c17-14(16-10-13-5-2-9-20-13)15-6-3-7-18-11-12-4-1-8-19-12/h2,5,9,12H,1,3-4,6-8,10-11H2,(H2,15,16,17). The van der Waals surface area contributed by atoms with Gasteiger partial charge in [0.2, 0.25) is 0 Å². The quantitative estimate of drug-likeness (QED) is 0.723. The zero-order valence-electron chi connectivity index (χ0n) is 11.6. The van der Waals surface area contributed by atoms with E-state index in [4.69, 9.17) is 9.47 Å². The zero-order chi connectivity index (χ0) is 14.0. The van der Waals surface area contributed by atoms with Gasteiger partial charge in [0.1, 0.15) is 0 Å². The molecule has 0 aromatic carbocycles. The molecule has 1 saturated heterocycles. The van der Waals surface area contributed by atoms with Crippen LogP contribution < -0.4 is 10.6 Å². The van der Waals surface area contributed by atoms with Crippen molar-refractivity contribution in [1.29, 1.82) is 0 Å². The molecule has 2 amide bonds. The molecule has 1 aromatic rings. The molecule has 2 N–H and O–H groups in total. The van der Waals surface area contributed by atoms with Gasteiger partial charge < -0.3 is 20.1 Å². The maximum absolute atomic E-state index is 11.5. The predicted molar refractivity (Wildman–Crippen MR) is 79.0 cm³/mol. The monoisotopic (exact) mass is 298 g/mol. The number of ether oxygens (including phenoxy) is 2. The lowest BCUT2D eigenvalue weighted by molar-refractivity contribution is 0.0168. The molecule has 20 heavy (non-hydrogen) atoms. The summed E-state index contributed by atoms with van der Waals surface area (Å²) in [6.45, 7) is 3.40. The number of carbonyl (C=O) groups excluding carboxylic acids is 1. The number of thiophene rings is 1. The van der Waals surface area contributed by atoms with Crippen molar-refractivity contribution in [3.63, 3.8) is 0 Å². The van der Waals surface area contributed by atoms with E-state index in [1.165, 1.54) is 0 Å². The third-order valence-corrected chi connectivity index (χ3v) is 3.96. The highest BCUT2D eigenvalue weighted by Gasteiger charge is 2.14. The van der Waals surface area contributed by atoms with Crippen molar-refractivity contribution in [2.24, 2.45) is 0 Å². The minimum Gasteiger partial charge on any atom is -0.379 e. The third kappa shape index (κ3) is 5.90. The molecular formula is C14H22N2O3S. The fourth-order valence-corrected chi connectivity index (χ4v) is 2.65. The third-order valence-electron chi connectivity index (χ3n) is 3.08. The molecule has 5 nitrogen and oxygen atoms in total. The van der Waals surface area contributed by atoms with Gasteiger partial charge in [0.05, 0.1) is 19.3 Å². The van der Waals surface area contributed by atoms with Crippen molar-refractivity contribution < 1.29 is 14.3 Å². The van der Waals surface area contributed by atoms with Gasteiger partial charge in [-0.15, -0.1) is 11.3 Å². The molecule has 0 aliphatic carbocycles. The second-order valence-electron chi connectivity index (χ2n) is 4.75. The molecule has 0 radical (unpaired) electrons. The number of carbonyl (C=O) groups is 1. The fraction of sp³-hybridized carbons (Fsp3) is 0.643. The number of hydrogen-bond acceptors (Lipinski definition) is 4. The van der Waals surface area contributed by atoms with Gasteiger partial charge in [-0.05, 0) is 30.7 Å². The van der Waals surface area contributed by atoms with Crippen LogP contribution in [0.4, 0.5) is 4.79 Å². The largest absolute Gasteiger partial charge is 0.379 e. The fourth-order valence-electron chi connectivity index (χ4n) is 2.01. The van der Waals surface area contributed by atoms with Crippen LogP contribution in [-0.2, 0) is 16.0 Å². The van der Waals surface area contributed by atoms with E-state index in [-0.39, 0.29) is 12.1 Å². The van der Waals surface area contributed by atoms with Crippen LogP contribution in [0.3, 0.4) is 0 Å². The first-order chi connectivity index (χ1) is 9.84. The predicted octanol–water partition coefficient (Wildman–Crippen LogP) is 2.13. The van der Waals surface area contributed by atoms with E-state index >= 15 is 0 Å². The van der Waals surface area contributed by atoms with Gasteiger partial charge in [-0.2, -0.15) is 0 Å². The first kappa shape index (κ1) is 15.3. The van der Waals surface area contributed by atoms with E-state index in [2.05, 4.69) is 10.6 Å². The molecule has 6 heteroatoms. The molecule has 0 spiro atoms. The SMILES string of the molecule is O=C(NCCCOCC1CCCO1)NCc1cccs1. The Hall–Kier alpha value is -1.11. The number of hydrogen-bond donors (Lipinski definition) is 2. The summed E-state index contributed by atoms with van der Waals surface area (Å²) in [5.74, 6) is 0. The van der Waals surface area contributed by atoms with Gasteiger partial charge in [-0.3, -0.25) is 0 Å². The number of nitrogens with one attached hydrogen (secondary N) is 2. The lowest BCUT2D eigenvalue weighted by Crippen LogP contribution is -2.35. The van der Waals surface area contributed by atoms with E-state index in [0.717, 1.165) is 30.7 Å². The lowest BCUT2D eigenvalue weighted by Gasteiger charge is -2.10. The summed E-state index contributed by atoms with van der Waals surface area (Å²) in [5.41, 5.74) is 0. The zero-order valence-corrected chi connectivity index (χ0v) is 12.4. The highest BCUT2D eigenvalue weighted by Crippen LogP contribution is 2.11. The van der Waals surface area contributed by atoms with E-state index in [1.54, 1.807) is 11.3 Å². The number of rotatable bonds is 8. The van der Waals surface area contributed by atoms with E-state index in [9.17, 15) is 4.79 Å². The normalized spacial score (nSPS) is 18.1. The highest BCUT2D eigenvalue weighted by molar-refractivity contribution is 7.09. The molecule has 0 saturated carbocycles. The molecular weight excluding hydrogens is 276 g/mol. The van der Waals surface area contributed by atoms with Crippen molar-refractivity contribution in [3.8, 4) is 0 Å². The summed E-state index contributed by atoms with van der Waals surface area (Å²) in [7, 11) is 0. The van der Waals surface area contributed by atoms with Crippen LogP contribution in [0.5, 0.6) is 0 Å². The minimum absolute atomic E-state index is 0.127. The molecule has 1 atom stereocenters. The maximum atomic E-state index is 11.5. The minimum atomic E-state index is -0.127. The molecule has 1 aliphatic rings. The Balaban J connectivity index is 1.41. The number of amides is 2. The molecule has 1 aromatic heterocycles. The van der Waals surface area contributed by atoms with Crippen molar-refractivity contribution in [2.75, 3.05) is 26.4 Å². The summed E-state index contributed by atoms with van der Waals surface area (Å²) in [5, 5.41) is 7.64. The molecule has 2 heterocycles. The first-order valence-electron chi connectivity index (χ1n) is 7.08. The van der Waals surface area contributed by atoms with Crippen LogP contribution in [0.15, 0.2) is 17.5 Å². The average Bonchev–Trinajstić information content (AvgIpc) is 3.13. The summed E-state index contributed by atoms with van der Waals surface area (Å²) < 4.78 is 11.0. The Bertz CT molecular complexity index is 378. The molecule has 1 fully saturated rings. The van der Waals surface area contributed by atoms with E-state index in [0.29, 0.717) is 26.3 Å². The Labute approximate surface area is 123 Å². The Kier molecular flexibility index (Phi) is 6.83. The van der Waals surface area contributed by atoms with Crippen LogP contribution in [0.25, 0.3) is 0 Å². The Morgan fingerprint density at radius 2 is 2.45 bits per heavy atom. The van der Waals surface area contributed by atoms with Crippen LogP contribution in [0.1, 0.15) is 24.1 Å². The van der Waals surface area contributed by atoms with E-state index < -0.39 is 0 Å². The van der Waals surface area contributed by atoms with Crippen molar-refractivity contribution in [2.45, 2.75) is 31.9 Å². The number of urea groups is 1. The van der Waals surface area contributed by atoms with E-state index in [1.807, 2.05) is 17.5 Å². The topological polar surface area (TPSA) is 59.6 Å². The summed E-state index contributed by atoms with van der Waals surface area (Å²) in [6.07, 6.45) is 3.33. The maximum Gasteiger partial charge on any atom is 0.315 e. The van der Waals surface area contributed by atoms with Gasteiger partial charge in [-0.1, -0.05) is 6.07 Å². The average molecular weight is 298 g/mol. The van der Waals surface area contributed by atoms with Crippen LogP contribution in [0, 0.1) is 0 Å². The van der Waals surface area contributed by atoms with Gasteiger partial charge in [0, 0.05) is 24.6 Å². The van der Waals surface area contributed by atoms with Gasteiger partial charge in [-0.25, -0.2) is 4.79 Å². The Morgan fingerprint density at radius 3 is 3.20 bits per heavy atom. The lowest BCUT2D eigenvalue weighted by atomic mass is 10.2. The molecule has 112 valence electrons. The summed E-state index contributed by atoms with van der Waals surface area (Å²) >= 11 is 1.64. The van der Waals surface area contributed by atoms with Crippen molar-refractivity contribution in [1.82, 2.24) is 10.6 Å². The van der Waals surface area contributed by atoms with Crippen LogP contribution >= 0.6 is 11.3 Å². The summed E-state index contributed by atoms with van der Waals surface area (Å²) in [4.78, 5) is 12.7. The van der Waals surface area contributed by atoms with Gasteiger partial charge >= 0.3 is 6.03 Å². The highest BCUT2D eigenvalue weighted by atomic mass is 32.1. The van der Waals surface area contributed by atoms with Crippen molar-refractivity contribution in [3.05, 3.63) is 22.4 Å². The van der Waals surface area contributed by atoms with Crippen LogP contribution in [0.2, 0.25) is 0 Å². The molecule has 0 bridgehead atoms. The first-order valence-corrected chi connectivity index (χ1v) is 7.96. The Morgan fingerprint density at radius 1 is 1.50 bits per heavy atom. The van der Waals surface area contributed by atoms with Gasteiger partial charge in [0.15, 0.2) is 0 Å². The smallest absolute Gasteiger partial charge is 0.315 e. The molecule has 1 aliphatic heterocycles. The molecule has 1 unspecified atom stereocenters. The van der Waals surface area contributed by atoms with Crippen LogP contribution in [-0.4, -0.2) is 38.5 Å². The second-order valence-corrected chi connectivity index (χ2v) is 5.78. The van der Waals surface area contributed by atoms with Gasteiger partial charge in [0.25, 0.3) is 0 Å². The van der Waals surface area contributed by atoms with Crippen molar-refractivity contribution >= 4 is 17.4 Å². The molecule has 2 rings (SSSR count). The second kappa shape index (κ2) is 8.94.